The SMILES string of the molecule is CCCCN(CC(N)=O)C(=O)/C=C\c1cccc(C)c1. The Morgan fingerprint density at radius 3 is 2.70 bits per heavy atom. The number of primary amides is 1. The van der Waals surface area contributed by atoms with Crippen LogP contribution >= 0.6 is 0 Å². The van der Waals surface area contributed by atoms with E-state index in [4.69, 9.17) is 5.73 Å². The van der Waals surface area contributed by atoms with Crippen molar-refractivity contribution in [2.75, 3.05) is 13.1 Å². The molecule has 0 heterocycles. The van der Waals surface area contributed by atoms with Crippen LogP contribution in [0.1, 0.15) is 30.9 Å². The summed E-state index contributed by atoms with van der Waals surface area (Å²) in [6, 6.07) is 7.87. The van der Waals surface area contributed by atoms with Gasteiger partial charge in [-0.1, -0.05) is 43.2 Å². The van der Waals surface area contributed by atoms with Crippen molar-refractivity contribution in [3.63, 3.8) is 0 Å². The van der Waals surface area contributed by atoms with Gasteiger partial charge in [-0.05, 0) is 25.0 Å². The van der Waals surface area contributed by atoms with Crippen LogP contribution in [0.25, 0.3) is 6.08 Å². The number of benzene rings is 1. The molecule has 0 saturated carbocycles. The third-order valence-corrected chi connectivity index (χ3v) is 2.90. The Kier molecular flexibility index (Phi) is 6.50. The van der Waals surface area contributed by atoms with Gasteiger partial charge in [-0.25, -0.2) is 0 Å². The first kappa shape index (κ1) is 16.0. The standard InChI is InChI=1S/C16H22N2O2/c1-3-4-10-18(12-15(17)19)16(20)9-8-14-7-5-6-13(2)11-14/h5-9,11H,3-4,10,12H2,1-2H3,(H2,17,19)/b9-8-. The van der Waals surface area contributed by atoms with Crippen LogP contribution in [-0.4, -0.2) is 29.8 Å². The van der Waals surface area contributed by atoms with Crippen molar-refractivity contribution in [1.82, 2.24) is 4.90 Å². The normalized spacial score (nSPS) is 10.7. The monoisotopic (exact) mass is 274 g/mol. The minimum absolute atomic E-state index is 0.0308. The van der Waals surface area contributed by atoms with Gasteiger partial charge in [-0.2, -0.15) is 0 Å². The summed E-state index contributed by atoms with van der Waals surface area (Å²) in [5.41, 5.74) is 7.28. The molecule has 4 heteroatoms. The van der Waals surface area contributed by atoms with Gasteiger partial charge in [-0.15, -0.1) is 0 Å². The summed E-state index contributed by atoms with van der Waals surface area (Å²) < 4.78 is 0. The number of nitrogens with two attached hydrogens (primary N) is 1. The molecule has 0 saturated heterocycles. The summed E-state index contributed by atoms with van der Waals surface area (Å²) in [7, 11) is 0. The van der Waals surface area contributed by atoms with Crippen LogP contribution in [0.15, 0.2) is 30.3 Å². The Balaban J connectivity index is 2.71. The molecule has 2 amide bonds. The van der Waals surface area contributed by atoms with Gasteiger partial charge in [0.15, 0.2) is 0 Å². The zero-order chi connectivity index (χ0) is 15.0. The number of unbranched alkanes of at least 4 members (excludes halogenated alkanes) is 1. The lowest BCUT2D eigenvalue weighted by atomic mass is 10.1. The fourth-order valence-electron chi connectivity index (χ4n) is 1.85. The van der Waals surface area contributed by atoms with Crippen LogP contribution in [0.3, 0.4) is 0 Å². The molecule has 1 aromatic carbocycles. The minimum Gasteiger partial charge on any atom is -0.368 e. The highest BCUT2D eigenvalue weighted by Gasteiger charge is 2.12. The maximum absolute atomic E-state index is 12.1. The van der Waals surface area contributed by atoms with E-state index in [0.717, 1.165) is 24.0 Å². The first-order valence-electron chi connectivity index (χ1n) is 6.85. The lowest BCUT2D eigenvalue weighted by Gasteiger charge is -2.19. The Morgan fingerprint density at radius 2 is 2.10 bits per heavy atom. The topological polar surface area (TPSA) is 63.4 Å². The summed E-state index contributed by atoms with van der Waals surface area (Å²) in [5.74, 6) is -0.669. The molecule has 0 spiro atoms. The summed E-state index contributed by atoms with van der Waals surface area (Å²) in [4.78, 5) is 24.6. The molecule has 4 nitrogen and oxygen atoms in total. The molecule has 0 aromatic heterocycles. The number of nitrogens with zero attached hydrogens (tertiary/aromatic N) is 1. The molecule has 1 aromatic rings. The second-order valence-electron chi connectivity index (χ2n) is 4.83. The third kappa shape index (κ3) is 5.69. The summed E-state index contributed by atoms with van der Waals surface area (Å²) in [6.07, 6.45) is 5.07. The molecule has 2 N–H and O–H groups in total. The Morgan fingerprint density at radius 1 is 1.35 bits per heavy atom. The number of aryl methyl sites for hydroxylation is 1. The average molecular weight is 274 g/mol. The molecule has 0 atom stereocenters. The van der Waals surface area contributed by atoms with Crippen molar-refractivity contribution < 1.29 is 9.59 Å². The van der Waals surface area contributed by atoms with Crippen molar-refractivity contribution in [1.29, 1.82) is 0 Å². The predicted octanol–water partition coefficient (Wildman–Crippen LogP) is 2.12. The summed E-state index contributed by atoms with van der Waals surface area (Å²) in [6.45, 7) is 4.56. The van der Waals surface area contributed by atoms with E-state index in [1.165, 1.54) is 11.0 Å². The van der Waals surface area contributed by atoms with Gasteiger partial charge >= 0.3 is 0 Å². The van der Waals surface area contributed by atoms with Gasteiger partial charge in [0.2, 0.25) is 11.8 Å². The van der Waals surface area contributed by atoms with E-state index in [1.807, 2.05) is 38.1 Å². The van der Waals surface area contributed by atoms with E-state index in [0.29, 0.717) is 6.54 Å². The van der Waals surface area contributed by atoms with Crippen LogP contribution in [0, 0.1) is 6.92 Å². The zero-order valence-electron chi connectivity index (χ0n) is 12.1. The quantitative estimate of drug-likeness (QED) is 0.774. The third-order valence-electron chi connectivity index (χ3n) is 2.90. The van der Waals surface area contributed by atoms with Crippen LogP contribution in [0.4, 0.5) is 0 Å². The molecule has 0 aliphatic heterocycles. The van der Waals surface area contributed by atoms with Crippen molar-refractivity contribution in [3.05, 3.63) is 41.5 Å². The molecule has 1 rings (SSSR count). The number of carbonyl (C=O) groups excluding carboxylic acids is 2. The van der Waals surface area contributed by atoms with Gasteiger partial charge < -0.3 is 10.6 Å². The Labute approximate surface area is 120 Å². The Bertz CT molecular complexity index is 495. The van der Waals surface area contributed by atoms with E-state index in [-0.39, 0.29) is 12.5 Å². The zero-order valence-corrected chi connectivity index (χ0v) is 12.1. The fraction of sp³-hybridized carbons (Fsp3) is 0.375. The first-order valence-corrected chi connectivity index (χ1v) is 6.85. The fourth-order valence-corrected chi connectivity index (χ4v) is 1.85. The highest BCUT2D eigenvalue weighted by molar-refractivity contribution is 5.94. The smallest absolute Gasteiger partial charge is 0.247 e. The molecule has 0 bridgehead atoms. The average Bonchev–Trinajstić information content (AvgIpc) is 2.40. The second-order valence-corrected chi connectivity index (χ2v) is 4.83. The molecule has 20 heavy (non-hydrogen) atoms. The summed E-state index contributed by atoms with van der Waals surface area (Å²) in [5, 5.41) is 0. The van der Waals surface area contributed by atoms with Crippen molar-refractivity contribution in [3.8, 4) is 0 Å². The van der Waals surface area contributed by atoms with Crippen molar-refractivity contribution in [2.24, 2.45) is 5.73 Å². The minimum atomic E-state index is -0.488. The van der Waals surface area contributed by atoms with E-state index in [2.05, 4.69) is 0 Å². The van der Waals surface area contributed by atoms with Crippen LogP contribution < -0.4 is 5.73 Å². The molecular weight excluding hydrogens is 252 g/mol. The maximum Gasteiger partial charge on any atom is 0.247 e. The molecule has 0 unspecified atom stereocenters. The summed E-state index contributed by atoms with van der Waals surface area (Å²) >= 11 is 0. The van der Waals surface area contributed by atoms with Crippen molar-refractivity contribution >= 4 is 17.9 Å². The van der Waals surface area contributed by atoms with E-state index < -0.39 is 5.91 Å². The van der Waals surface area contributed by atoms with E-state index >= 15 is 0 Å². The van der Waals surface area contributed by atoms with Crippen LogP contribution in [0.5, 0.6) is 0 Å². The van der Waals surface area contributed by atoms with Gasteiger partial charge in [0.05, 0.1) is 6.54 Å². The predicted molar refractivity (Wildman–Crippen MR) is 80.9 cm³/mol. The molecule has 0 aliphatic carbocycles. The number of amides is 2. The highest BCUT2D eigenvalue weighted by Crippen LogP contribution is 2.06. The highest BCUT2D eigenvalue weighted by atomic mass is 16.2. The maximum atomic E-state index is 12.1. The molecular formula is C16H22N2O2. The van der Waals surface area contributed by atoms with Crippen LogP contribution in [0.2, 0.25) is 0 Å². The molecule has 0 aliphatic rings. The van der Waals surface area contributed by atoms with E-state index in [9.17, 15) is 9.59 Å². The molecule has 108 valence electrons. The van der Waals surface area contributed by atoms with Gasteiger partial charge in [0.1, 0.15) is 0 Å². The van der Waals surface area contributed by atoms with Crippen LogP contribution in [-0.2, 0) is 9.59 Å². The molecule has 0 radical (unpaired) electrons. The lowest BCUT2D eigenvalue weighted by Crippen LogP contribution is -2.38. The van der Waals surface area contributed by atoms with Crippen molar-refractivity contribution in [2.45, 2.75) is 26.7 Å². The lowest BCUT2D eigenvalue weighted by molar-refractivity contribution is -0.131. The van der Waals surface area contributed by atoms with Gasteiger partial charge in [-0.3, -0.25) is 9.59 Å². The largest absolute Gasteiger partial charge is 0.368 e. The number of rotatable bonds is 7. The number of hydrogen-bond donors (Lipinski definition) is 1. The number of hydrogen-bond acceptors (Lipinski definition) is 2. The number of carbonyl (C=O) groups is 2. The van der Waals surface area contributed by atoms with Gasteiger partial charge in [0.25, 0.3) is 0 Å². The molecule has 0 fully saturated rings. The van der Waals surface area contributed by atoms with Gasteiger partial charge in [0, 0.05) is 12.6 Å². The van der Waals surface area contributed by atoms with E-state index in [1.54, 1.807) is 6.08 Å². The second kappa shape index (κ2) is 8.15. The first-order chi connectivity index (χ1) is 9.52. The Hall–Kier alpha value is -2.10.